The van der Waals surface area contributed by atoms with E-state index in [1.165, 1.54) is 24.3 Å². The number of hydrogen-bond donors (Lipinski definition) is 1. The number of aliphatic hydroxyl groups is 1. The highest BCUT2D eigenvalue weighted by Gasteiger charge is 2.34. The van der Waals surface area contributed by atoms with Gasteiger partial charge in [-0.1, -0.05) is 30.3 Å². The maximum atomic E-state index is 12.2. The second kappa shape index (κ2) is 3.51. The van der Waals surface area contributed by atoms with Gasteiger partial charge in [0.05, 0.1) is 11.8 Å². The number of benzene rings is 1. The van der Waals surface area contributed by atoms with Crippen LogP contribution in [0.15, 0.2) is 36.6 Å². The molecular weight excluding hydrogens is 181 g/mol. The maximum Gasteiger partial charge on any atom is 0.419 e. The molecular formula is C9H7F3O. The second-order valence-corrected chi connectivity index (χ2v) is 2.41. The van der Waals surface area contributed by atoms with Crippen LogP contribution < -0.4 is 0 Å². The molecule has 0 saturated heterocycles. The van der Waals surface area contributed by atoms with E-state index in [1.807, 2.05) is 0 Å². The van der Waals surface area contributed by atoms with Crippen LogP contribution in [-0.2, 0) is 0 Å². The summed E-state index contributed by atoms with van der Waals surface area (Å²) in [7, 11) is 0. The highest BCUT2D eigenvalue weighted by Crippen LogP contribution is 2.32. The molecule has 1 rings (SSSR count). The van der Waals surface area contributed by atoms with Gasteiger partial charge in [0.25, 0.3) is 0 Å². The highest BCUT2D eigenvalue weighted by molar-refractivity contribution is 5.68. The predicted molar refractivity (Wildman–Crippen MR) is 43.1 cm³/mol. The maximum absolute atomic E-state index is 12.2. The van der Waals surface area contributed by atoms with Crippen LogP contribution in [0.2, 0.25) is 0 Å². The van der Waals surface area contributed by atoms with Crippen molar-refractivity contribution in [3.8, 4) is 0 Å². The molecule has 0 fully saturated rings. The van der Waals surface area contributed by atoms with Gasteiger partial charge < -0.3 is 5.11 Å². The predicted octanol–water partition coefficient (Wildman–Crippen LogP) is 3.15. The summed E-state index contributed by atoms with van der Waals surface area (Å²) >= 11 is 0. The van der Waals surface area contributed by atoms with E-state index >= 15 is 0 Å². The minimum Gasteiger partial charge on any atom is -0.515 e. The molecule has 0 unspecified atom stereocenters. The van der Waals surface area contributed by atoms with Crippen molar-refractivity contribution in [1.29, 1.82) is 0 Å². The van der Waals surface area contributed by atoms with Crippen LogP contribution in [0.3, 0.4) is 0 Å². The zero-order chi connectivity index (χ0) is 9.90. The van der Waals surface area contributed by atoms with Crippen molar-refractivity contribution in [1.82, 2.24) is 0 Å². The topological polar surface area (TPSA) is 20.2 Å². The molecule has 0 aliphatic heterocycles. The number of halogens is 3. The van der Waals surface area contributed by atoms with Crippen molar-refractivity contribution in [2.75, 3.05) is 0 Å². The molecule has 1 aromatic rings. The number of rotatable bonds is 1. The van der Waals surface area contributed by atoms with Gasteiger partial charge in [-0.2, -0.15) is 13.2 Å². The summed E-state index contributed by atoms with van der Waals surface area (Å²) in [5.74, 6) is 0. The lowest BCUT2D eigenvalue weighted by Gasteiger charge is -2.09. The lowest BCUT2D eigenvalue weighted by Crippen LogP contribution is -2.10. The first kappa shape index (κ1) is 9.64. The fourth-order valence-electron chi connectivity index (χ4n) is 0.929. The van der Waals surface area contributed by atoms with Gasteiger partial charge in [-0.05, 0) is 5.56 Å². The van der Waals surface area contributed by atoms with Crippen LogP contribution in [0.4, 0.5) is 13.2 Å². The average molecular weight is 188 g/mol. The van der Waals surface area contributed by atoms with E-state index < -0.39 is 11.7 Å². The first-order valence-corrected chi connectivity index (χ1v) is 3.52. The van der Waals surface area contributed by atoms with Gasteiger partial charge >= 0.3 is 6.18 Å². The van der Waals surface area contributed by atoms with Gasteiger partial charge in [-0.25, -0.2) is 0 Å². The monoisotopic (exact) mass is 188 g/mol. The quantitative estimate of drug-likeness (QED) is 0.671. The zero-order valence-electron chi connectivity index (χ0n) is 6.55. The van der Waals surface area contributed by atoms with Crippen molar-refractivity contribution in [2.45, 2.75) is 6.18 Å². The second-order valence-electron chi connectivity index (χ2n) is 2.41. The Bertz CT molecular complexity index is 300. The minimum absolute atomic E-state index is 0.0440. The summed E-state index contributed by atoms with van der Waals surface area (Å²) in [6, 6.07) is 7.13. The Labute approximate surface area is 73.1 Å². The van der Waals surface area contributed by atoms with Gasteiger partial charge in [0.2, 0.25) is 0 Å². The van der Waals surface area contributed by atoms with Gasteiger partial charge in [0.15, 0.2) is 0 Å². The Kier molecular flexibility index (Phi) is 2.60. The van der Waals surface area contributed by atoms with E-state index in [9.17, 15) is 13.2 Å². The lowest BCUT2D eigenvalue weighted by molar-refractivity contribution is -0.0698. The standard InChI is InChI=1S/C9H7F3O/c10-9(11,12)8(6-13)7-4-2-1-3-5-7/h1-6,13H/b8-6-. The number of allylic oxidation sites excluding steroid dienone is 1. The Morgan fingerprint density at radius 2 is 1.69 bits per heavy atom. The molecule has 0 bridgehead atoms. The van der Waals surface area contributed by atoms with Crippen LogP contribution in [0.5, 0.6) is 0 Å². The SMILES string of the molecule is O/C=C(/c1ccccc1)C(F)(F)F. The largest absolute Gasteiger partial charge is 0.515 e. The third-order valence-corrected chi connectivity index (χ3v) is 1.52. The molecule has 0 aromatic heterocycles. The third kappa shape index (κ3) is 2.24. The molecule has 0 atom stereocenters. The smallest absolute Gasteiger partial charge is 0.419 e. The van der Waals surface area contributed by atoms with Gasteiger partial charge in [-0.3, -0.25) is 0 Å². The summed E-state index contributed by atoms with van der Waals surface area (Å²) in [6.45, 7) is 0. The summed E-state index contributed by atoms with van der Waals surface area (Å²) < 4.78 is 36.5. The minimum atomic E-state index is -4.52. The molecule has 0 heterocycles. The van der Waals surface area contributed by atoms with Crippen LogP contribution in [0, 0.1) is 0 Å². The summed E-state index contributed by atoms with van der Waals surface area (Å²) in [4.78, 5) is 0. The normalized spacial score (nSPS) is 13.0. The number of aliphatic hydroxyl groups excluding tert-OH is 1. The van der Waals surface area contributed by atoms with E-state index in [-0.39, 0.29) is 11.8 Å². The van der Waals surface area contributed by atoms with Crippen molar-refractivity contribution in [3.05, 3.63) is 42.2 Å². The molecule has 1 aromatic carbocycles. The summed E-state index contributed by atoms with van der Waals surface area (Å²) in [5, 5.41) is 8.43. The molecule has 0 aliphatic rings. The number of hydrogen-bond acceptors (Lipinski definition) is 1. The molecule has 0 spiro atoms. The third-order valence-electron chi connectivity index (χ3n) is 1.52. The Morgan fingerprint density at radius 3 is 2.08 bits per heavy atom. The average Bonchev–Trinajstić information content (AvgIpc) is 2.05. The van der Waals surface area contributed by atoms with Crippen LogP contribution in [-0.4, -0.2) is 11.3 Å². The van der Waals surface area contributed by atoms with E-state index in [4.69, 9.17) is 5.11 Å². The van der Waals surface area contributed by atoms with E-state index in [2.05, 4.69) is 0 Å². The van der Waals surface area contributed by atoms with E-state index in [0.29, 0.717) is 0 Å². The Balaban J connectivity index is 3.08. The Morgan fingerprint density at radius 1 is 1.15 bits per heavy atom. The summed E-state index contributed by atoms with van der Waals surface area (Å²) in [5.41, 5.74) is -1.08. The van der Waals surface area contributed by atoms with Gasteiger partial charge in [-0.15, -0.1) is 0 Å². The molecule has 1 N–H and O–H groups in total. The Hall–Kier alpha value is -1.45. The van der Waals surface area contributed by atoms with Gasteiger partial charge in [0.1, 0.15) is 0 Å². The van der Waals surface area contributed by atoms with Crippen LogP contribution in [0.25, 0.3) is 5.57 Å². The fourth-order valence-corrected chi connectivity index (χ4v) is 0.929. The molecule has 0 saturated carbocycles. The van der Waals surface area contributed by atoms with Crippen LogP contribution >= 0.6 is 0 Å². The van der Waals surface area contributed by atoms with Crippen molar-refractivity contribution in [2.24, 2.45) is 0 Å². The fraction of sp³-hybridized carbons (Fsp3) is 0.111. The molecule has 4 heteroatoms. The molecule has 1 nitrogen and oxygen atoms in total. The first-order chi connectivity index (χ1) is 6.05. The zero-order valence-corrected chi connectivity index (χ0v) is 6.55. The van der Waals surface area contributed by atoms with E-state index in [1.54, 1.807) is 6.07 Å². The van der Waals surface area contributed by atoms with Crippen molar-refractivity contribution < 1.29 is 18.3 Å². The highest BCUT2D eigenvalue weighted by atomic mass is 19.4. The molecule has 0 amide bonds. The van der Waals surface area contributed by atoms with E-state index in [0.717, 1.165) is 0 Å². The molecule has 0 aliphatic carbocycles. The number of alkyl halides is 3. The van der Waals surface area contributed by atoms with Gasteiger partial charge in [0, 0.05) is 0 Å². The lowest BCUT2D eigenvalue weighted by atomic mass is 10.1. The molecule has 0 radical (unpaired) electrons. The van der Waals surface area contributed by atoms with Crippen LogP contribution in [0.1, 0.15) is 5.56 Å². The van der Waals surface area contributed by atoms with Crippen molar-refractivity contribution >= 4 is 5.57 Å². The summed E-state index contributed by atoms with van der Waals surface area (Å²) in [6.07, 6.45) is -4.44. The first-order valence-electron chi connectivity index (χ1n) is 3.52. The molecule has 13 heavy (non-hydrogen) atoms. The van der Waals surface area contributed by atoms with Crippen molar-refractivity contribution in [3.63, 3.8) is 0 Å². The molecule has 70 valence electrons.